The quantitative estimate of drug-likeness (QED) is 0.700. The molecule has 4 N–H and O–H groups in total. The first-order chi connectivity index (χ1) is 14.0. The number of amides is 1. The number of nitrogens with zero attached hydrogens (tertiary/aromatic N) is 1. The second-order valence-electron chi connectivity index (χ2n) is 6.50. The van der Waals surface area contributed by atoms with E-state index in [0.717, 1.165) is 29.8 Å². The van der Waals surface area contributed by atoms with Gasteiger partial charge in [0.2, 0.25) is 5.91 Å². The number of nitrogens with one attached hydrogen (secondary N) is 2. The van der Waals surface area contributed by atoms with Gasteiger partial charge in [0, 0.05) is 24.5 Å². The third kappa shape index (κ3) is 5.29. The van der Waals surface area contributed by atoms with Gasteiger partial charge in [-0.1, -0.05) is 43.3 Å². The molecule has 29 heavy (non-hydrogen) atoms. The van der Waals surface area contributed by atoms with Gasteiger partial charge in [0.25, 0.3) is 0 Å². The molecule has 2 aliphatic heterocycles. The minimum absolute atomic E-state index is 0.0541. The van der Waals surface area contributed by atoms with Crippen LogP contribution in [0, 0.1) is 16.4 Å². The maximum Gasteiger partial charge on any atom is 0.234 e. The van der Waals surface area contributed by atoms with Gasteiger partial charge in [-0.3, -0.25) is 9.69 Å². The van der Waals surface area contributed by atoms with E-state index in [1.165, 1.54) is 6.07 Å². The zero-order chi connectivity index (χ0) is 21.4. The van der Waals surface area contributed by atoms with E-state index < -0.39 is 11.6 Å². The zero-order valence-corrected chi connectivity index (χ0v) is 16.9. The minimum atomic E-state index is -0.471. The Bertz CT molecular complexity index is 863. The van der Waals surface area contributed by atoms with Gasteiger partial charge in [0.05, 0.1) is 18.6 Å². The second kappa shape index (κ2) is 10.8. The number of fused-ring (bicyclic) bond motifs is 1. The lowest BCUT2D eigenvalue weighted by atomic mass is 9.98. The van der Waals surface area contributed by atoms with Crippen LogP contribution in [-0.4, -0.2) is 36.5 Å². The maximum atomic E-state index is 14.3. The molecule has 2 aromatic rings. The van der Waals surface area contributed by atoms with Crippen molar-refractivity contribution in [1.29, 1.82) is 4.78 Å². The van der Waals surface area contributed by atoms with Crippen LogP contribution in [0.2, 0.25) is 0 Å². The fourth-order valence-electron chi connectivity index (χ4n) is 3.54. The summed E-state index contributed by atoms with van der Waals surface area (Å²) < 4.78 is 33.2. The Labute approximate surface area is 174 Å². The number of nitrogens with two attached hydrogens (primary N) is 1. The Kier molecular flexibility index (Phi) is 8.50. The summed E-state index contributed by atoms with van der Waals surface area (Å²) in [6.45, 7) is 3.28. The summed E-state index contributed by atoms with van der Waals surface area (Å²) in [4.78, 5) is 13.9. The molecule has 0 aliphatic carbocycles. The molecule has 0 spiro atoms. The monoisotopic (exact) mass is 418 g/mol. The molecule has 0 bridgehead atoms. The summed E-state index contributed by atoms with van der Waals surface area (Å²) in [6, 6.07) is 13.0. The lowest BCUT2D eigenvalue weighted by molar-refractivity contribution is -0.125. The first-order valence-corrected chi connectivity index (χ1v) is 9.61. The lowest BCUT2D eigenvalue weighted by Crippen LogP contribution is -2.53. The minimum Gasteiger partial charge on any atom is -0.353 e. The number of carbonyl (C=O) groups excluding carboxylic acids is 1. The predicted molar refractivity (Wildman–Crippen MR) is 112 cm³/mol. The van der Waals surface area contributed by atoms with Crippen LogP contribution in [-0.2, 0) is 17.2 Å². The molecule has 4 rings (SSSR count). The Morgan fingerprint density at radius 1 is 1.21 bits per heavy atom. The number of halogens is 2. The van der Waals surface area contributed by atoms with E-state index in [2.05, 4.69) is 17.7 Å². The molecule has 1 amide bonds. The maximum absolute atomic E-state index is 14.3. The highest BCUT2D eigenvalue weighted by Gasteiger charge is 2.40. The summed E-state index contributed by atoms with van der Waals surface area (Å²) >= 11 is 3.33. The van der Waals surface area contributed by atoms with Crippen LogP contribution < -0.4 is 11.1 Å². The van der Waals surface area contributed by atoms with Crippen LogP contribution in [0.25, 0.3) is 5.57 Å². The topological polar surface area (TPSA) is 82.2 Å². The fraction of sp³-hybridized carbons (Fsp3) is 0.286. The third-order valence-electron chi connectivity index (χ3n) is 4.65. The molecule has 154 valence electrons. The van der Waals surface area contributed by atoms with Gasteiger partial charge in [-0.05, 0) is 35.9 Å². The molecule has 8 heteroatoms. The Morgan fingerprint density at radius 3 is 2.52 bits per heavy atom. The third-order valence-corrected chi connectivity index (χ3v) is 4.65. The van der Waals surface area contributed by atoms with Crippen LogP contribution in [0.1, 0.15) is 24.1 Å². The highest BCUT2D eigenvalue weighted by atomic mass is 32.1. The molecule has 1 saturated heterocycles. The van der Waals surface area contributed by atoms with Crippen molar-refractivity contribution >= 4 is 23.9 Å². The molecule has 2 aromatic carbocycles. The average Bonchev–Trinajstić information content (AvgIpc) is 3.11. The summed E-state index contributed by atoms with van der Waals surface area (Å²) in [5.74, 6) is -0.975. The van der Waals surface area contributed by atoms with Gasteiger partial charge < -0.3 is 11.1 Å². The zero-order valence-electron chi connectivity index (χ0n) is 16.1. The largest absolute Gasteiger partial charge is 0.353 e. The summed E-state index contributed by atoms with van der Waals surface area (Å²) in [5.41, 5.74) is 6.87. The molecule has 2 heterocycles. The molecule has 1 unspecified atom stereocenters. The van der Waals surface area contributed by atoms with Crippen molar-refractivity contribution in [2.24, 2.45) is 5.73 Å². The van der Waals surface area contributed by atoms with Crippen molar-refractivity contribution in [3.63, 3.8) is 0 Å². The number of hydrogen-bond acceptors (Lipinski definition) is 5. The van der Waals surface area contributed by atoms with Crippen molar-refractivity contribution in [2.45, 2.75) is 19.0 Å². The van der Waals surface area contributed by atoms with E-state index in [4.69, 9.17) is 10.5 Å². The van der Waals surface area contributed by atoms with Crippen LogP contribution >= 0.6 is 0 Å². The first-order valence-electron chi connectivity index (χ1n) is 9.20. The van der Waals surface area contributed by atoms with E-state index in [1.807, 2.05) is 48.2 Å². The van der Waals surface area contributed by atoms with Crippen LogP contribution in [0.4, 0.5) is 8.78 Å². The molecule has 2 aliphatic rings. The SMILES string of the molecule is CCN.N=S.O=C1CN2C(CN1)C(c1cc(F)ccc1F)=C[C@H]2c1ccccc1. The molecule has 0 aromatic heterocycles. The number of benzene rings is 2. The highest BCUT2D eigenvalue weighted by Crippen LogP contribution is 2.40. The Morgan fingerprint density at radius 2 is 1.86 bits per heavy atom. The molecule has 5 nitrogen and oxygen atoms in total. The van der Waals surface area contributed by atoms with Gasteiger partial charge in [0.15, 0.2) is 0 Å². The van der Waals surface area contributed by atoms with Crippen molar-refractivity contribution in [1.82, 2.24) is 10.2 Å². The predicted octanol–water partition coefficient (Wildman–Crippen LogP) is 3.16. The molecule has 0 saturated carbocycles. The summed E-state index contributed by atoms with van der Waals surface area (Å²) in [7, 11) is 0. The van der Waals surface area contributed by atoms with Gasteiger partial charge in [-0.25, -0.2) is 13.6 Å². The highest BCUT2D eigenvalue weighted by molar-refractivity contribution is 7.45. The van der Waals surface area contributed by atoms with Crippen LogP contribution in [0.15, 0.2) is 54.6 Å². The Balaban J connectivity index is 0.000000551. The lowest BCUT2D eigenvalue weighted by Gasteiger charge is -2.35. The van der Waals surface area contributed by atoms with E-state index in [1.54, 1.807) is 0 Å². The van der Waals surface area contributed by atoms with E-state index in [9.17, 15) is 13.6 Å². The number of carbonyl (C=O) groups is 1. The van der Waals surface area contributed by atoms with Crippen LogP contribution in [0.3, 0.4) is 0 Å². The van der Waals surface area contributed by atoms with Gasteiger partial charge >= 0.3 is 0 Å². The van der Waals surface area contributed by atoms with Gasteiger partial charge in [0.1, 0.15) is 11.6 Å². The van der Waals surface area contributed by atoms with Crippen molar-refractivity contribution in [3.8, 4) is 0 Å². The Hall–Kier alpha value is -2.55. The second-order valence-corrected chi connectivity index (χ2v) is 6.50. The molecule has 0 radical (unpaired) electrons. The smallest absolute Gasteiger partial charge is 0.234 e. The standard InChI is InChI=1S/C19H16F2N2O.C2H7N.HNS/c20-13-6-7-16(21)14(8-13)15-9-17(12-4-2-1-3-5-12)23-11-19(24)22-10-18(15)23;1-2-3;1-2/h1-9,17-18H,10-11H2,(H,22,24);2-3H2,1H3;1H/t17-,18?;;/m0../s1. The first kappa shape index (κ1) is 22.7. The van der Waals surface area contributed by atoms with E-state index in [0.29, 0.717) is 6.54 Å². The van der Waals surface area contributed by atoms with Crippen molar-refractivity contribution < 1.29 is 13.6 Å². The van der Waals surface area contributed by atoms with Crippen molar-refractivity contribution in [3.05, 3.63) is 77.4 Å². The van der Waals surface area contributed by atoms with Crippen LogP contribution in [0.5, 0.6) is 0 Å². The molecular formula is C21H24F2N4OS. The van der Waals surface area contributed by atoms with E-state index in [-0.39, 0.29) is 30.1 Å². The average molecular weight is 419 g/mol. The molecule has 1 fully saturated rings. The summed E-state index contributed by atoms with van der Waals surface area (Å²) in [5, 5.41) is 2.82. The van der Waals surface area contributed by atoms with Crippen molar-refractivity contribution in [2.75, 3.05) is 19.6 Å². The molecular weight excluding hydrogens is 394 g/mol. The molecule has 2 atom stereocenters. The van der Waals surface area contributed by atoms with Gasteiger partial charge in [-0.2, -0.15) is 0 Å². The summed E-state index contributed by atoms with van der Waals surface area (Å²) in [6.07, 6.45) is 1.94. The van der Waals surface area contributed by atoms with Gasteiger partial charge in [-0.15, -0.1) is 0 Å². The fourth-order valence-corrected chi connectivity index (χ4v) is 3.54. The number of hydrogen-bond donors (Lipinski definition) is 3. The number of piperazine rings is 1. The van der Waals surface area contributed by atoms with E-state index >= 15 is 0 Å². The number of rotatable bonds is 2. The normalized spacial score (nSPS) is 20.3.